The van der Waals surface area contributed by atoms with E-state index in [0.717, 1.165) is 16.2 Å². The molecule has 0 saturated carbocycles. The lowest BCUT2D eigenvalue weighted by Crippen LogP contribution is -2.33. The molecular weight excluding hydrogens is 327 g/mol. The molecule has 2 aromatic rings. The monoisotopic (exact) mass is 338 g/mol. The van der Waals surface area contributed by atoms with Crippen LogP contribution in [0.4, 0.5) is 0 Å². The Kier molecular flexibility index (Phi) is 4.43. The van der Waals surface area contributed by atoms with Crippen LogP contribution in [0.1, 0.15) is 5.56 Å². The topological polar surface area (TPSA) is 26.3 Å². The van der Waals surface area contributed by atoms with Gasteiger partial charge in [0.1, 0.15) is 5.75 Å². The van der Waals surface area contributed by atoms with Crippen molar-refractivity contribution in [2.75, 3.05) is 5.75 Å². The van der Waals surface area contributed by atoms with Gasteiger partial charge in [0.25, 0.3) is 0 Å². The lowest BCUT2D eigenvalue weighted by molar-refractivity contribution is -0.124. The fourth-order valence-corrected chi connectivity index (χ4v) is 3.64. The lowest BCUT2D eigenvalue weighted by atomic mass is 10.1. The summed E-state index contributed by atoms with van der Waals surface area (Å²) in [6.45, 7) is 0. The predicted molar refractivity (Wildman–Crippen MR) is 86.8 cm³/mol. The number of hydrogen-bond acceptors (Lipinski definition) is 3. The molecule has 1 aliphatic rings. The first-order valence-electron chi connectivity index (χ1n) is 6.48. The summed E-state index contributed by atoms with van der Waals surface area (Å²) < 4.78 is 5.79. The summed E-state index contributed by atoms with van der Waals surface area (Å²) in [4.78, 5) is 13.5. The highest BCUT2D eigenvalue weighted by atomic mass is 35.5. The van der Waals surface area contributed by atoms with Gasteiger partial charge in [-0.1, -0.05) is 41.4 Å². The van der Waals surface area contributed by atoms with Gasteiger partial charge >= 0.3 is 0 Å². The summed E-state index contributed by atoms with van der Waals surface area (Å²) in [7, 11) is 0. The lowest BCUT2D eigenvalue weighted by Gasteiger charge is -2.24. The molecule has 1 atom stereocenters. The first-order chi connectivity index (χ1) is 10.1. The Bertz CT molecular complexity index is 688. The third-order valence-electron chi connectivity index (χ3n) is 3.25. The number of thioether (sulfide) groups is 1. The Labute approximate surface area is 137 Å². The van der Waals surface area contributed by atoms with Crippen LogP contribution >= 0.6 is 35.0 Å². The average Bonchev–Trinajstić information content (AvgIpc) is 2.49. The van der Waals surface area contributed by atoms with E-state index in [2.05, 4.69) is 0 Å². The number of rotatable bonds is 3. The van der Waals surface area contributed by atoms with Gasteiger partial charge in [-0.15, -0.1) is 11.8 Å². The standard InChI is InChI=1S/C16H12Cl2O2S/c17-11-6-5-10(12(18)8-11)7-13(19)15-9-21-16-4-2-1-3-14(16)20-15/h1-6,8,15H,7,9H2. The van der Waals surface area contributed by atoms with Gasteiger partial charge in [0.05, 0.1) is 0 Å². The van der Waals surface area contributed by atoms with Crippen LogP contribution in [-0.2, 0) is 11.2 Å². The molecule has 0 aromatic heterocycles. The van der Waals surface area contributed by atoms with Gasteiger partial charge in [0.2, 0.25) is 0 Å². The van der Waals surface area contributed by atoms with Gasteiger partial charge < -0.3 is 4.74 Å². The molecule has 0 amide bonds. The minimum Gasteiger partial charge on any atom is -0.481 e. The van der Waals surface area contributed by atoms with Gasteiger partial charge in [0, 0.05) is 27.1 Å². The van der Waals surface area contributed by atoms with E-state index in [1.165, 1.54) is 0 Å². The number of Topliss-reactive ketones (excluding diaryl/α,β-unsaturated/α-hetero) is 1. The molecule has 0 fully saturated rings. The van der Waals surface area contributed by atoms with Gasteiger partial charge in [-0.05, 0) is 29.8 Å². The molecule has 0 radical (unpaired) electrons. The van der Waals surface area contributed by atoms with Crippen molar-refractivity contribution in [2.24, 2.45) is 0 Å². The summed E-state index contributed by atoms with van der Waals surface area (Å²) in [6, 6.07) is 12.9. The summed E-state index contributed by atoms with van der Waals surface area (Å²) in [5.41, 5.74) is 0.776. The predicted octanol–water partition coefficient (Wildman–Crippen LogP) is 4.66. The molecule has 1 unspecified atom stereocenters. The van der Waals surface area contributed by atoms with Crippen LogP contribution in [0.3, 0.4) is 0 Å². The Hall–Kier alpha value is -1.16. The fraction of sp³-hybridized carbons (Fsp3) is 0.188. The second kappa shape index (κ2) is 6.30. The van der Waals surface area contributed by atoms with Gasteiger partial charge in [-0.25, -0.2) is 0 Å². The molecule has 0 bridgehead atoms. The number of para-hydroxylation sites is 1. The number of ketones is 1. The van der Waals surface area contributed by atoms with Crippen LogP contribution in [0.2, 0.25) is 10.0 Å². The normalized spacial score (nSPS) is 17.0. The molecular formula is C16H12Cl2O2S. The Morgan fingerprint density at radius 2 is 2.05 bits per heavy atom. The van der Waals surface area contributed by atoms with Crippen LogP contribution in [0.15, 0.2) is 47.4 Å². The molecule has 0 spiro atoms. The Morgan fingerprint density at radius 1 is 1.24 bits per heavy atom. The fourth-order valence-electron chi connectivity index (χ4n) is 2.14. The summed E-state index contributed by atoms with van der Waals surface area (Å²) >= 11 is 13.6. The van der Waals surface area contributed by atoms with Gasteiger partial charge in [0.15, 0.2) is 11.9 Å². The molecule has 0 aliphatic carbocycles. The molecule has 1 aliphatic heterocycles. The van der Waals surface area contributed by atoms with Crippen LogP contribution in [0.5, 0.6) is 5.75 Å². The smallest absolute Gasteiger partial charge is 0.178 e. The van der Waals surface area contributed by atoms with Crippen molar-refractivity contribution in [1.29, 1.82) is 0 Å². The van der Waals surface area contributed by atoms with E-state index in [1.807, 2.05) is 24.3 Å². The molecule has 1 heterocycles. The quantitative estimate of drug-likeness (QED) is 0.814. The number of halogens is 2. The van der Waals surface area contributed by atoms with Crippen LogP contribution in [0, 0.1) is 0 Å². The van der Waals surface area contributed by atoms with E-state index < -0.39 is 6.10 Å². The molecule has 3 rings (SSSR count). The summed E-state index contributed by atoms with van der Waals surface area (Å²) in [5.74, 6) is 1.43. The average molecular weight is 339 g/mol. The van der Waals surface area contributed by atoms with Gasteiger partial charge in [-0.2, -0.15) is 0 Å². The number of ether oxygens (including phenoxy) is 1. The van der Waals surface area contributed by atoms with E-state index in [-0.39, 0.29) is 12.2 Å². The molecule has 108 valence electrons. The van der Waals surface area contributed by atoms with Crippen molar-refractivity contribution in [3.63, 3.8) is 0 Å². The van der Waals surface area contributed by atoms with E-state index in [9.17, 15) is 4.79 Å². The maximum absolute atomic E-state index is 12.4. The van der Waals surface area contributed by atoms with Crippen molar-refractivity contribution in [3.05, 3.63) is 58.1 Å². The summed E-state index contributed by atoms with van der Waals surface area (Å²) in [6.07, 6.45) is -0.180. The first-order valence-corrected chi connectivity index (χ1v) is 8.23. The minimum absolute atomic E-state index is 0.0289. The third-order valence-corrected chi connectivity index (χ3v) is 4.95. The first kappa shape index (κ1) is 14.8. The molecule has 5 heteroatoms. The summed E-state index contributed by atoms with van der Waals surface area (Å²) in [5, 5.41) is 1.08. The number of benzene rings is 2. The highest BCUT2D eigenvalue weighted by Crippen LogP contribution is 2.35. The van der Waals surface area contributed by atoms with E-state index in [1.54, 1.807) is 30.0 Å². The zero-order valence-corrected chi connectivity index (χ0v) is 13.3. The molecule has 2 nitrogen and oxygen atoms in total. The van der Waals surface area contributed by atoms with E-state index >= 15 is 0 Å². The number of carbonyl (C=O) groups is 1. The van der Waals surface area contributed by atoms with E-state index in [4.69, 9.17) is 27.9 Å². The van der Waals surface area contributed by atoms with Crippen molar-refractivity contribution in [2.45, 2.75) is 17.4 Å². The number of carbonyl (C=O) groups excluding carboxylic acids is 1. The second-order valence-electron chi connectivity index (χ2n) is 4.74. The molecule has 2 aromatic carbocycles. The number of fused-ring (bicyclic) bond motifs is 1. The molecule has 21 heavy (non-hydrogen) atoms. The van der Waals surface area contributed by atoms with Crippen molar-refractivity contribution >= 4 is 40.7 Å². The SMILES string of the molecule is O=C(Cc1ccc(Cl)cc1Cl)C1CSc2ccccc2O1. The Morgan fingerprint density at radius 3 is 2.86 bits per heavy atom. The third kappa shape index (κ3) is 3.37. The number of hydrogen-bond donors (Lipinski definition) is 0. The van der Waals surface area contributed by atoms with Crippen molar-refractivity contribution in [1.82, 2.24) is 0 Å². The van der Waals surface area contributed by atoms with Gasteiger partial charge in [-0.3, -0.25) is 4.79 Å². The van der Waals surface area contributed by atoms with Crippen LogP contribution in [0.25, 0.3) is 0 Å². The van der Waals surface area contributed by atoms with Crippen molar-refractivity contribution < 1.29 is 9.53 Å². The van der Waals surface area contributed by atoms with Crippen LogP contribution in [-0.4, -0.2) is 17.6 Å². The van der Waals surface area contributed by atoms with E-state index in [0.29, 0.717) is 15.8 Å². The maximum Gasteiger partial charge on any atom is 0.178 e. The zero-order chi connectivity index (χ0) is 14.8. The maximum atomic E-state index is 12.4. The highest BCUT2D eigenvalue weighted by Gasteiger charge is 2.26. The van der Waals surface area contributed by atoms with Crippen molar-refractivity contribution in [3.8, 4) is 5.75 Å². The molecule has 0 N–H and O–H groups in total. The Balaban J connectivity index is 1.72. The largest absolute Gasteiger partial charge is 0.481 e. The highest BCUT2D eigenvalue weighted by molar-refractivity contribution is 7.99. The van der Waals surface area contributed by atoms with Crippen LogP contribution < -0.4 is 4.74 Å². The minimum atomic E-state index is -0.434. The zero-order valence-electron chi connectivity index (χ0n) is 11.0. The molecule has 0 saturated heterocycles. The second-order valence-corrected chi connectivity index (χ2v) is 6.65.